The van der Waals surface area contributed by atoms with Crippen molar-refractivity contribution in [2.24, 2.45) is 0 Å². The maximum Gasteiger partial charge on any atom is 0.251 e. The van der Waals surface area contributed by atoms with E-state index in [0.29, 0.717) is 36.6 Å². The summed E-state index contributed by atoms with van der Waals surface area (Å²) in [4.78, 5) is 26.1. The molecule has 0 aliphatic carbocycles. The van der Waals surface area contributed by atoms with Crippen LogP contribution < -0.4 is 10.1 Å². The molecule has 1 N–H and O–H groups in total. The Morgan fingerprint density at radius 1 is 1.14 bits per heavy atom. The van der Waals surface area contributed by atoms with Crippen molar-refractivity contribution in [2.75, 3.05) is 13.2 Å². The molecule has 0 unspecified atom stereocenters. The molecule has 144 valence electrons. The number of carbonyl (C=O) groups is 1. The van der Waals surface area contributed by atoms with E-state index in [4.69, 9.17) is 9.47 Å². The highest BCUT2D eigenvalue weighted by molar-refractivity contribution is 5.97. The van der Waals surface area contributed by atoms with Gasteiger partial charge in [-0.2, -0.15) is 0 Å². The Bertz CT molecular complexity index is 994. The van der Waals surface area contributed by atoms with Gasteiger partial charge in [0.05, 0.1) is 35.1 Å². The van der Waals surface area contributed by atoms with Gasteiger partial charge in [0.2, 0.25) is 5.88 Å². The van der Waals surface area contributed by atoms with Crippen LogP contribution in [0.1, 0.15) is 28.2 Å². The molecule has 4 rings (SSSR count). The predicted octanol–water partition coefficient (Wildman–Crippen LogP) is 2.61. The summed E-state index contributed by atoms with van der Waals surface area (Å²) in [6, 6.07) is 10.7. The van der Waals surface area contributed by atoms with Crippen molar-refractivity contribution in [2.45, 2.75) is 32.4 Å². The molecule has 28 heavy (non-hydrogen) atoms. The quantitative estimate of drug-likeness (QED) is 0.751. The molecule has 2 atom stereocenters. The molecule has 1 aliphatic heterocycles. The largest absolute Gasteiger partial charge is 0.470 e. The highest BCUT2D eigenvalue weighted by Gasteiger charge is 2.29. The van der Waals surface area contributed by atoms with E-state index in [9.17, 15) is 4.79 Å². The molecule has 0 radical (unpaired) electrons. The Labute approximate surface area is 163 Å². The number of fused-ring (bicyclic) bond motifs is 1. The summed E-state index contributed by atoms with van der Waals surface area (Å²) < 4.78 is 11.5. The Kier molecular flexibility index (Phi) is 5.16. The number of nitrogens with zero attached hydrogens (tertiary/aromatic N) is 3. The lowest BCUT2D eigenvalue weighted by Crippen LogP contribution is -2.51. The Balaban J connectivity index is 1.51. The Morgan fingerprint density at radius 3 is 2.75 bits per heavy atom. The van der Waals surface area contributed by atoms with Crippen LogP contribution in [0.2, 0.25) is 0 Å². The van der Waals surface area contributed by atoms with Crippen LogP contribution in [0.4, 0.5) is 0 Å². The van der Waals surface area contributed by atoms with E-state index < -0.39 is 0 Å². The maximum atomic E-state index is 12.8. The fourth-order valence-electron chi connectivity index (χ4n) is 3.19. The van der Waals surface area contributed by atoms with Gasteiger partial charge in [-0.3, -0.25) is 4.79 Å². The molecular formula is C21H22N4O3. The van der Waals surface area contributed by atoms with Crippen LogP contribution >= 0.6 is 0 Å². The predicted molar refractivity (Wildman–Crippen MR) is 104 cm³/mol. The third-order valence-corrected chi connectivity index (χ3v) is 4.87. The van der Waals surface area contributed by atoms with Crippen LogP contribution in [0.5, 0.6) is 5.88 Å². The second kappa shape index (κ2) is 7.90. The van der Waals surface area contributed by atoms with Crippen molar-refractivity contribution in [3.8, 4) is 5.88 Å². The van der Waals surface area contributed by atoms with Gasteiger partial charge in [0.25, 0.3) is 5.91 Å². The normalized spacial score (nSPS) is 19.4. The molecule has 1 aromatic carbocycles. The van der Waals surface area contributed by atoms with Gasteiger partial charge in [0.15, 0.2) is 0 Å². The van der Waals surface area contributed by atoms with Gasteiger partial charge >= 0.3 is 0 Å². The van der Waals surface area contributed by atoms with Crippen molar-refractivity contribution in [1.82, 2.24) is 20.3 Å². The van der Waals surface area contributed by atoms with Gasteiger partial charge in [0, 0.05) is 24.4 Å². The van der Waals surface area contributed by atoms with E-state index in [1.807, 2.05) is 32.0 Å². The number of aromatic nitrogens is 3. The monoisotopic (exact) mass is 378 g/mol. The number of benzene rings is 1. The third-order valence-electron chi connectivity index (χ3n) is 4.87. The minimum atomic E-state index is -0.294. The molecule has 1 amide bonds. The number of ether oxygens (including phenoxy) is 2. The Hall–Kier alpha value is -3.06. The van der Waals surface area contributed by atoms with Crippen molar-refractivity contribution in [3.63, 3.8) is 0 Å². The molecule has 7 heteroatoms. The number of carbonyl (C=O) groups excluding carboxylic acids is 1. The summed E-state index contributed by atoms with van der Waals surface area (Å²) in [6.45, 7) is 4.82. The van der Waals surface area contributed by atoms with Gasteiger partial charge in [-0.1, -0.05) is 6.07 Å². The van der Waals surface area contributed by atoms with E-state index >= 15 is 0 Å². The van der Waals surface area contributed by atoms with Crippen molar-refractivity contribution >= 4 is 16.9 Å². The summed E-state index contributed by atoms with van der Waals surface area (Å²) in [6.07, 6.45) is 2.05. The molecule has 3 aromatic rings. The lowest BCUT2D eigenvalue weighted by molar-refractivity contribution is -0.0152. The average molecular weight is 378 g/mol. The number of rotatable bonds is 4. The van der Waals surface area contributed by atoms with Gasteiger partial charge in [-0.15, -0.1) is 0 Å². The molecular weight excluding hydrogens is 356 g/mol. The summed E-state index contributed by atoms with van der Waals surface area (Å²) in [5.41, 5.74) is 3.79. The van der Waals surface area contributed by atoms with E-state index in [0.717, 1.165) is 16.9 Å². The molecule has 0 saturated carbocycles. The minimum absolute atomic E-state index is 0.162. The number of amides is 1. The molecule has 0 bridgehead atoms. The minimum Gasteiger partial charge on any atom is -0.470 e. The Morgan fingerprint density at radius 2 is 1.96 bits per heavy atom. The fraction of sp³-hybridized carbons (Fsp3) is 0.333. The lowest BCUT2D eigenvalue weighted by atomic mass is 10.0. The first-order valence-electron chi connectivity index (χ1n) is 9.31. The summed E-state index contributed by atoms with van der Waals surface area (Å²) in [5, 5.41) is 3.08. The van der Waals surface area contributed by atoms with Crippen LogP contribution in [-0.4, -0.2) is 46.2 Å². The zero-order valence-electron chi connectivity index (χ0n) is 15.9. The first-order valence-corrected chi connectivity index (χ1v) is 9.31. The standard InChI is InChI=1S/C21H22N4O3/c1-13-14(2)24-18-11-15(6-7-16(18)23-13)21(26)25-17-8-10-27-12-19(17)28-20-5-3-4-9-22-20/h3-7,9,11,17,19H,8,10,12H2,1-2H3,(H,25,26)/t17-,19-/m1/s1. The van der Waals surface area contributed by atoms with Gasteiger partial charge in [0.1, 0.15) is 6.10 Å². The maximum absolute atomic E-state index is 12.8. The molecule has 1 saturated heterocycles. The van der Waals surface area contributed by atoms with E-state index in [1.165, 1.54) is 0 Å². The smallest absolute Gasteiger partial charge is 0.251 e. The van der Waals surface area contributed by atoms with Gasteiger partial charge < -0.3 is 14.8 Å². The van der Waals surface area contributed by atoms with E-state index in [-0.39, 0.29) is 18.1 Å². The number of hydrogen-bond donors (Lipinski definition) is 1. The topological polar surface area (TPSA) is 86.2 Å². The van der Waals surface area contributed by atoms with E-state index in [2.05, 4.69) is 20.3 Å². The van der Waals surface area contributed by atoms with Crippen molar-refractivity contribution in [3.05, 3.63) is 59.5 Å². The van der Waals surface area contributed by atoms with E-state index in [1.54, 1.807) is 24.4 Å². The lowest BCUT2D eigenvalue weighted by Gasteiger charge is -2.32. The second-order valence-electron chi connectivity index (χ2n) is 6.87. The van der Waals surface area contributed by atoms with Crippen LogP contribution in [-0.2, 0) is 4.74 Å². The molecule has 3 heterocycles. The zero-order valence-corrected chi connectivity index (χ0v) is 15.9. The number of nitrogens with one attached hydrogen (secondary N) is 1. The number of pyridine rings is 1. The first kappa shape index (κ1) is 18.3. The summed E-state index contributed by atoms with van der Waals surface area (Å²) in [7, 11) is 0. The van der Waals surface area contributed by atoms with Crippen molar-refractivity contribution < 1.29 is 14.3 Å². The number of hydrogen-bond acceptors (Lipinski definition) is 6. The zero-order chi connectivity index (χ0) is 19.5. The van der Waals surface area contributed by atoms with Crippen LogP contribution in [0.3, 0.4) is 0 Å². The molecule has 2 aromatic heterocycles. The highest BCUT2D eigenvalue weighted by Crippen LogP contribution is 2.18. The van der Waals surface area contributed by atoms with Crippen LogP contribution in [0.25, 0.3) is 11.0 Å². The van der Waals surface area contributed by atoms with Gasteiger partial charge in [-0.05, 0) is 44.5 Å². The third kappa shape index (κ3) is 3.94. The summed E-state index contributed by atoms with van der Waals surface area (Å²) in [5.74, 6) is 0.354. The molecule has 1 fully saturated rings. The molecule has 0 spiro atoms. The van der Waals surface area contributed by atoms with Crippen molar-refractivity contribution in [1.29, 1.82) is 0 Å². The van der Waals surface area contributed by atoms with Crippen LogP contribution in [0, 0.1) is 13.8 Å². The fourth-order valence-corrected chi connectivity index (χ4v) is 3.19. The molecule has 1 aliphatic rings. The second-order valence-corrected chi connectivity index (χ2v) is 6.87. The van der Waals surface area contributed by atoms with Crippen LogP contribution in [0.15, 0.2) is 42.6 Å². The average Bonchev–Trinajstić information content (AvgIpc) is 2.71. The first-order chi connectivity index (χ1) is 13.6. The number of aryl methyl sites for hydroxylation is 2. The van der Waals surface area contributed by atoms with Gasteiger partial charge in [-0.25, -0.2) is 15.0 Å². The molecule has 7 nitrogen and oxygen atoms in total. The SMILES string of the molecule is Cc1nc2ccc(C(=O)N[C@@H]3CCOC[C@H]3Oc3ccccn3)cc2nc1C. The summed E-state index contributed by atoms with van der Waals surface area (Å²) >= 11 is 0. The highest BCUT2D eigenvalue weighted by atomic mass is 16.5.